The van der Waals surface area contributed by atoms with Gasteiger partial charge in [0.1, 0.15) is 12.4 Å². The number of hydrogen-bond donors (Lipinski definition) is 0. The van der Waals surface area contributed by atoms with E-state index in [0.29, 0.717) is 30.6 Å². The second kappa shape index (κ2) is 5.68. The molecule has 118 valence electrons. The number of likely N-dealkylation sites (N-methyl/N-ethyl adjacent to an activating group) is 1. The molecule has 0 unspecified atom stereocenters. The molecule has 0 radical (unpaired) electrons. The maximum Gasteiger partial charge on any atom is 0.254 e. The zero-order chi connectivity index (χ0) is 15.9. The first kappa shape index (κ1) is 15.0. The summed E-state index contributed by atoms with van der Waals surface area (Å²) in [6.45, 7) is 2.74. The van der Waals surface area contributed by atoms with Crippen molar-refractivity contribution >= 4 is 11.8 Å². The highest BCUT2D eigenvalue weighted by atomic mass is 19.1. The summed E-state index contributed by atoms with van der Waals surface area (Å²) >= 11 is 0. The first-order valence-corrected chi connectivity index (χ1v) is 7.40. The maximum absolute atomic E-state index is 13.6. The van der Waals surface area contributed by atoms with Gasteiger partial charge >= 0.3 is 0 Å². The molecule has 1 aromatic rings. The van der Waals surface area contributed by atoms with Gasteiger partial charge in [-0.05, 0) is 31.0 Å². The van der Waals surface area contributed by atoms with Gasteiger partial charge in [0.15, 0.2) is 0 Å². The van der Waals surface area contributed by atoms with Crippen LogP contribution in [0.5, 0.6) is 0 Å². The van der Waals surface area contributed by atoms with Crippen LogP contribution in [0.3, 0.4) is 0 Å². The average molecular weight is 306 g/mol. The number of carbonyl (C=O) groups is 2. The summed E-state index contributed by atoms with van der Waals surface area (Å²) in [7, 11) is 1.74. The van der Waals surface area contributed by atoms with Gasteiger partial charge in [-0.2, -0.15) is 0 Å². The minimum absolute atomic E-state index is 0.0264. The van der Waals surface area contributed by atoms with Crippen molar-refractivity contribution in [2.45, 2.75) is 25.5 Å². The molecule has 0 bridgehead atoms. The van der Waals surface area contributed by atoms with Crippen LogP contribution >= 0.6 is 0 Å². The highest BCUT2D eigenvalue weighted by molar-refractivity contribution is 5.94. The standard InChI is InChI=1S/C16H19FN2O3/c1-10-3-4-11(7-12(10)17)16(21)19-6-5-14-13(8-19)18(2)15(20)9-22-14/h3-4,7,13-14H,5-6,8-9H2,1-2H3/t13-,14+/m0/s1. The number of nitrogens with zero attached hydrogens (tertiary/aromatic N) is 2. The molecule has 3 rings (SSSR count). The van der Waals surface area contributed by atoms with Gasteiger partial charge in [0.05, 0.1) is 12.1 Å². The fourth-order valence-corrected chi connectivity index (χ4v) is 3.03. The number of aryl methyl sites for hydroxylation is 1. The van der Waals surface area contributed by atoms with Crippen LogP contribution in [0.4, 0.5) is 4.39 Å². The van der Waals surface area contributed by atoms with E-state index in [1.807, 2.05) is 0 Å². The molecule has 0 aliphatic carbocycles. The van der Waals surface area contributed by atoms with Gasteiger partial charge in [-0.15, -0.1) is 0 Å². The van der Waals surface area contributed by atoms with Crippen LogP contribution in [-0.4, -0.2) is 60.5 Å². The van der Waals surface area contributed by atoms with Crippen molar-refractivity contribution in [3.63, 3.8) is 0 Å². The number of ether oxygens (including phenoxy) is 1. The molecule has 2 aliphatic heterocycles. The van der Waals surface area contributed by atoms with Gasteiger partial charge in [-0.1, -0.05) is 6.07 Å². The van der Waals surface area contributed by atoms with Crippen LogP contribution in [0.25, 0.3) is 0 Å². The molecule has 1 aromatic carbocycles. The van der Waals surface area contributed by atoms with Crippen molar-refractivity contribution in [3.8, 4) is 0 Å². The number of carbonyl (C=O) groups excluding carboxylic acids is 2. The van der Waals surface area contributed by atoms with Crippen LogP contribution in [-0.2, 0) is 9.53 Å². The van der Waals surface area contributed by atoms with E-state index < -0.39 is 0 Å². The smallest absolute Gasteiger partial charge is 0.254 e. The molecule has 2 atom stereocenters. The Morgan fingerprint density at radius 2 is 2.18 bits per heavy atom. The first-order valence-electron chi connectivity index (χ1n) is 7.40. The van der Waals surface area contributed by atoms with E-state index in [0.717, 1.165) is 0 Å². The van der Waals surface area contributed by atoms with Gasteiger partial charge < -0.3 is 14.5 Å². The van der Waals surface area contributed by atoms with E-state index in [-0.39, 0.29) is 36.4 Å². The highest BCUT2D eigenvalue weighted by Crippen LogP contribution is 2.24. The zero-order valence-corrected chi connectivity index (χ0v) is 12.7. The number of likely N-dealkylation sites (tertiary alicyclic amines) is 1. The number of amides is 2. The Morgan fingerprint density at radius 3 is 2.91 bits per heavy atom. The Hall–Kier alpha value is -1.95. The Morgan fingerprint density at radius 1 is 1.41 bits per heavy atom. The monoisotopic (exact) mass is 306 g/mol. The molecule has 2 heterocycles. The van der Waals surface area contributed by atoms with Crippen molar-refractivity contribution in [1.29, 1.82) is 0 Å². The molecule has 2 saturated heterocycles. The molecule has 5 nitrogen and oxygen atoms in total. The van der Waals surface area contributed by atoms with E-state index in [1.165, 1.54) is 6.07 Å². The second-order valence-electron chi connectivity index (χ2n) is 5.93. The second-order valence-corrected chi connectivity index (χ2v) is 5.93. The zero-order valence-electron chi connectivity index (χ0n) is 12.7. The summed E-state index contributed by atoms with van der Waals surface area (Å²) in [5, 5.41) is 0. The maximum atomic E-state index is 13.6. The molecule has 2 amide bonds. The quantitative estimate of drug-likeness (QED) is 0.783. The SMILES string of the molecule is Cc1ccc(C(=O)N2CC[C@H]3OCC(=O)N(C)[C@H]3C2)cc1F. The number of halogens is 1. The lowest BCUT2D eigenvalue weighted by Gasteiger charge is -2.45. The lowest BCUT2D eigenvalue weighted by molar-refractivity contribution is -0.159. The summed E-state index contributed by atoms with van der Waals surface area (Å²) < 4.78 is 19.2. The molecule has 0 aromatic heterocycles. The molecular weight excluding hydrogens is 287 g/mol. The number of fused-ring (bicyclic) bond motifs is 1. The average Bonchev–Trinajstić information content (AvgIpc) is 2.53. The number of piperidine rings is 1. The predicted molar refractivity (Wildman–Crippen MR) is 78.0 cm³/mol. The number of benzene rings is 1. The van der Waals surface area contributed by atoms with E-state index in [2.05, 4.69) is 0 Å². The summed E-state index contributed by atoms with van der Waals surface area (Å²) in [6, 6.07) is 4.39. The fourth-order valence-electron chi connectivity index (χ4n) is 3.03. The van der Waals surface area contributed by atoms with Crippen molar-refractivity contribution in [2.24, 2.45) is 0 Å². The Kier molecular flexibility index (Phi) is 3.87. The third kappa shape index (κ3) is 2.59. The van der Waals surface area contributed by atoms with Gasteiger partial charge in [-0.25, -0.2) is 4.39 Å². The van der Waals surface area contributed by atoms with E-state index >= 15 is 0 Å². The van der Waals surface area contributed by atoms with Crippen molar-refractivity contribution in [2.75, 3.05) is 26.7 Å². The summed E-state index contributed by atoms with van der Waals surface area (Å²) in [5.41, 5.74) is 0.855. The third-order valence-corrected chi connectivity index (χ3v) is 4.54. The summed E-state index contributed by atoms with van der Waals surface area (Å²) in [4.78, 5) is 27.6. The lowest BCUT2D eigenvalue weighted by atomic mass is 9.98. The van der Waals surface area contributed by atoms with Crippen molar-refractivity contribution in [3.05, 3.63) is 35.1 Å². The first-order chi connectivity index (χ1) is 10.5. The molecule has 0 spiro atoms. The van der Waals surface area contributed by atoms with Gasteiger partial charge in [0.25, 0.3) is 5.91 Å². The molecule has 22 heavy (non-hydrogen) atoms. The normalized spacial score (nSPS) is 25.1. The van der Waals surface area contributed by atoms with Crippen molar-refractivity contribution in [1.82, 2.24) is 9.80 Å². The molecule has 0 saturated carbocycles. The minimum Gasteiger partial charge on any atom is -0.366 e. The third-order valence-electron chi connectivity index (χ3n) is 4.54. The lowest BCUT2D eigenvalue weighted by Crippen LogP contribution is -2.61. The Balaban J connectivity index is 1.76. The van der Waals surface area contributed by atoms with Crippen LogP contribution in [0.15, 0.2) is 18.2 Å². The van der Waals surface area contributed by atoms with E-state index in [9.17, 15) is 14.0 Å². The summed E-state index contributed by atoms with van der Waals surface area (Å²) in [6.07, 6.45) is 0.657. The predicted octanol–water partition coefficient (Wildman–Crippen LogP) is 1.21. The topological polar surface area (TPSA) is 49.9 Å². The largest absolute Gasteiger partial charge is 0.366 e. The minimum atomic E-state index is -0.381. The van der Waals surface area contributed by atoms with E-state index in [1.54, 1.807) is 35.9 Å². The Labute approximate surface area is 128 Å². The van der Waals surface area contributed by atoms with Crippen LogP contribution in [0, 0.1) is 12.7 Å². The summed E-state index contributed by atoms with van der Waals surface area (Å²) in [5.74, 6) is -0.658. The van der Waals surface area contributed by atoms with Crippen molar-refractivity contribution < 1.29 is 18.7 Å². The van der Waals surface area contributed by atoms with Gasteiger partial charge in [0, 0.05) is 25.7 Å². The number of rotatable bonds is 1. The fraction of sp³-hybridized carbons (Fsp3) is 0.500. The number of hydrogen-bond acceptors (Lipinski definition) is 3. The van der Waals surface area contributed by atoms with Crippen LogP contribution in [0.1, 0.15) is 22.3 Å². The Bertz CT molecular complexity index is 619. The number of morpholine rings is 1. The molecule has 2 fully saturated rings. The molecular formula is C16H19FN2O3. The van der Waals surface area contributed by atoms with Crippen LogP contribution < -0.4 is 0 Å². The van der Waals surface area contributed by atoms with Crippen LogP contribution in [0.2, 0.25) is 0 Å². The highest BCUT2D eigenvalue weighted by Gasteiger charge is 2.39. The van der Waals surface area contributed by atoms with Gasteiger partial charge in [-0.3, -0.25) is 9.59 Å². The van der Waals surface area contributed by atoms with E-state index in [4.69, 9.17) is 4.74 Å². The van der Waals surface area contributed by atoms with Gasteiger partial charge in [0.2, 0.25) is 5.91 Å². The molecule has 6 heteroatoms. The molecule has 2 aliphatic rings. The molecule has 0 N–H and O–H groups in total.